The van der Waals surface area contributed by atoms with Crippen LogP contribution < -0.4 is 9.47 Å². The average molecular weight is 675 g/mol. The SMILES string of the molecule is CC(Cc1ccc(C(C)(C)C)cc1)CN1C[C@@H](C)O[C@@H](C)C1.COc1ccc(C(=CC(=O)N2CCOCC2)c2ccc(F)cc2)cc1OC. The van der Waals surface area contributed by atoms with Crippen molar-refractivity contribution in [3.8, 4) is 11.5 Å². The quantitative estimate of drug-likeness (QED) is 0.221. The van der Waals surface area contributed by atoms with E-state index >= 15 is 0 Å². The van der Waals surface area contributed by atoms with Gasteiger partial charge in [-0.1, -0.05) is 70.2 Å². The summed E-state index contributed by atoms with van der Waals surface area (Å²) in [7, 11) is 3.12. The van der Waals surface area contributed by atoms with E-state index in [1.165, 1.54) is 29.8 Å². The van der Waals surface area contributed by atoms with E-state index in [1.807, 2.05) is 6.07 Å². The zero-order valence-electron chi connectivity index (χ0n) is 30.6. The van der Waals surface area contributed by atoms with Gasteiger partial charge in [0, 0.05) is 38.8 Å². The summed E-state index contributed by atoms with van der Waals surface area (Å²) in [5.74, 6) is 1.40. The Morgan fingerprint density at radius 1 is 0.898 bits per heavy atom. The van der Waals surface area contributed by atoms with E-state index in [0.29, 0.717) is 61.5 Å². The van der Waals surface area contributed by atoms with Gasteiger partial charge < -0.3 is 23.8 Å². The summed E-state index contributed by atoms with van der Waals surface area (Å²) in [4.78, 5) is 17.1. The fourth-order valence-electron chi connectivity index (χ4n) is 6.45. The molecule has 2 heterocycles. The van der Waals surface area contributed by atoms with Crippen molar-refractivity contribution in [2.24, 2.45) is 5.92 Å². The molecule has 0 saturated carbocycles. The first-order valence-electron chi connectivity index (χ1n) is 17.4. The number of hydrogen-bond donors (Lipinski definition) is 0. The highest BCUT2D eigenvalue weighted by Crippen LogP contribution is 2.33. The molecule has 0 N–H and O–H groups in total. The maximum Gasteiger partial charge on any atom is 0.247 e. The van der Waals surface area contributed by atoms with Crippen molar-refractivity contribution in [2.75, 3.05) is 60.2 Å². The number of benzene rings is 3. The number of morpholine rings is 2. The number of methoxy groups -OCH3 is 2. The van der Waals surface area contributed by atoms with Crippen LogP contribution in [0.15, 0.2) is 72.8 Å². The van der Waals surface area contributed by atoms with Crippen LogP contribution in [-0.4, -0.2) is 88.1 Å². The molecule has 5 rings (SSSR count). The number of hydrogen-bond acceptors (Lipinski definition) is 6. The second kappa shape index (κ2) is 17.8. The molecule has 1 unspecified atom stereocenters. The van der Waals surface area contributed by atoms with Crippen LogP contribution in [0.2, 0.25) is 0 Å². The van der Waals surface area contributed by atoms with Crippen molar-refractivity contribution in [3.63, 3.8) is 0 Å². The van der Waals surface area contributed by atoms with E-state index < -0.39 is 0 Å². The summed E-state index contributed by atoms with van der Waals surface area (Å²) >= 11 is 0. The van der Waals surface area contributed by atoms with E-state index in [-0.39, 0.29) is 17.1 Å². The van der Waals surface area contributed by atoms with Gasteiger partial charge in [0.2, 0.25) is 5.91 Å². The Kier molecular flexibility index (Phi) is 13.8. The highest BCUT2D eigenvalue weighted by molar-refractivity contribution is 5.99. The minimum atomic E-state index is -0.329. The van der Waals surface area contributed by atoms with Crippen LogP contribution in [0.25, 0.3) is 5.57 Å². The molecule has 0 spiro atoms. The van der Waals surface area contributed by atoms with Crippen molar-refractivity contribution < 1.29 is 28.1 Å². The number of ether oxygens (including phenoxy) is 4. The lowest BCUT2D eigenvalue weighted by atomic mass is 9.86. The fourth-order valence-corrected chi connectivity index (χ4v) is 6.45. The Morgan fingerprint density at radius 2 is 1.49 bits per heavy atom. The predicted molar refractivity (Wildman–Crippen MR) is 195 cm³/mol. The summed E-state index contributed by atoms with van der Waals surface area (Å²) in [6, 6.07) is 20.7. The molecule has 1 amide bonds. The molecular weight excluding hydrogens is 619 g/mol. The minimum absolute atomic E-state index is 0.104. The summed E-state index contributed by atoms with van der Waals surface area (Å²) in [5, 5.41) is 0. The van der Waals surface area contributed by atoms with Crippen LogP contribution in [0.1, 0.15) is 63.8 Å². The maximum absolute atomic E-state index is 13.4. The second-order valence-electron chi connectivity index (χ2n) is 14.3. The number of halogens is 1. The number of carbonyl (C=O) groups is 1. The third-order valence-electron chi connectivity index (χ3n) is 8.91. The van der Waals surface area contributed by atoms with Crippen LogP contribution in [0.5, 0.6) is 11.5 Å². The summed E-state index contributed by atoms with van der Waals surface area (Å²) < 4.78 is 35.2. The van der Waals surface area contributed by atoms with Crippen LogP contribution in [-0.2, 0) is 26.1 Å². The molecule has 7 nitrogen and oxygen atoms in total. The minimum Gasteiger partial charge on any atom is -0.493 e. The van der Waals surface area contributed by atoms with Crippen molar-refractivity contribution in [1.29, 1.82) is 0 Å². The Morgan fingerprint density at radius 3 is 2.06 bits per heavy atom. The predicted octanol–water partition coefficient (Wildman–Crippen LogP) is 7.41. The zero-order valence-corrected chi connectivity index (χ0v) is 30.6. The smallest absolute Gasteiger partial charge is 0.247 e. The van der Waals surface area contributed by atoms with Gasteiger partial charge in [-0.3, -0.25) is 9.69 Å². The van der Waals surface area contributed by atoms with Gasteiger partial charge in [0.1, 0.15) is 5.82 Å². The van der Waals surface area contributed by atoms with E-state index in [9.17, 15) is 9.18 Å². The molecule has 3 aromatic carbocycles. The van der Waals surface area contributed by atoms with Crippen molar-refractivity contribution in [1.82, 2.24) is 9.80 Å². The summed E-state index contributed by atoms with van der Waals surface area (Å²) in [5.41, 5.74) is 5.32. The lowest BCUT2D eigenvalue weighted by Gasteiger charge is -2.36. The van der Waals surface area contributed by atoms with Crippen LogP contribution in [0.4, 0.5) is 4.39 Å². The maximum atomic E-state index is 13.4. The Bertz CT molecular complexity index is 1500. The molecule has 0 aliphatic carbocycles. The largest absolute Gasteiger partial charge is 0.493 e. The van der Waals surface area contributed by atoms with Gasteiger partial charge in [-0.25, -0.2) is 4.39 Å². The summed E-state index contributed by atoms with van der Waals surface area (Å²) in [6.45, 7) is 19.0. The molecule has 2 aliphatic rings. The molecule has 2 aliphatic heterocycles. The molecule has 0 bridgehead atoms. The first-order chi connectivity index (χ1) is 23.4. The van der Waals surface area contributed by atoms with Crippen LogP contribution in [0, 0.1) is 11.7 Å². The highest BCUT2D eigenvalue weighted by Gasteiger charge is 2.23. The summed E-state index contributed by atoms with van der Waals surface area (Å²) in [6.07, 6.45) is 3.47. The first kappa shape index (κ1) is 38.1. The van der Waals surface area contributed by atoms with Gasteiger partial charge in [-0.15, -0.1) is 0 Å². The Labute approximate surface area is 293 Å². The highest BCUT2D eigenvalue weighted by atomic mass is 19.1. The van der Waals surface area contributed by atoms with Gasteiger partial charge in [0.25, 0.3) is 0 Å². The van der Waals surface area contributed by atoms with Crippen molar-refractivity contribution in [2.45, 2.75) is 65.6 Å². The van der Waals surface area contributed by atoms with E-state index in [1.54, 1.807) is 49.5 Å². The van der Waals surface area contributed by atoms with Crippen LogP contribution in [0.3, 0.4) is 0 Å². The number of amides is 1. The number of nitrogens with zero attached hydrogens (tertiary/aromatic N) is 2. The van der Waals surface area contributed by atoms with Gasteiger partial charge in [-0.05, 0) is 83.7 Å². The standard InChI is InChI=1S/C21H22FNO4.C20H33NO/c1-25-19-8-5-16(13-20(19)26-2)18(15-3-6-17(22)7-4-15)14-21(24)23-9-11-27-12-10-23;1-15(12-21-13-16(2)22-17(3)14-21)11-18-7-9-19(10-8-18)20(4,5)6/h3-8,13-14H,9-12H2,1-2H3;7-10,15-17H,11-14H2,1-6H3/t;15?,16-,17+. The molecule has 3 aromatic rings. The van der Waals surface area contributed by atoms with E-state index in [0.717, 1.165) is 30.6 Å². The fraction of sp³-hybridized carbons (Fsp3) is 0.488. The van der Waals surface area contributed by atoms with E-state index in [2.05, 4.69) is 70.7 Å². The van der Waals surface area contributed by atoms with Gasteiger partial charge in [-0.2, -0.15) is 0 Å². The number of carbonyl (C=O) groups excluding carboxylic acids is 1. The second-order valence-corrected chi connectivity index (χ2v) is 14.3. The topological polar surface area (TPSA) is 60.5 Å². The zero-order chi connectivity index (χ0) is 35.6. The molecule has 8 heteroatoms. The average Bonchev–Trinajstić information content (AvgIpc) is 3.07. The van der Waals surface area contributed by atoms with Gasteiger partial charge >= 0.3 is 0 Å². The normalized spacial score (nSPS) is 19.4. The Balaban J connectivity index is 0.000000226. The number of rotatable bonds is 9. The van der Waals surface area contributed by atoms with Gasteiger partial charge in [0.05, 0.1) is 39.6 Å². The van der Waals surface area contributed by atoms with Gasteiger partial charge in [0.15, 0.2) is 11.5 Å². The molecule has 0 radical (unpaired) electrons. The lowest BCUT2D eigenvalue weighted by molar-refractivity contribution is -0.129. The third-order valence-corrected chi connectivity index (χ3v) is 8.91. The molecule has 266 valence electrons. The molecular formula is C41H55FN2O5. The van der Waals surface area contributed by atoms with Crippen molar-refractivity contribution in [3.05, 3.63) is 101 Å². The lowest BCUT2D eigenvalue weighted by Crippen LogP contribution is -2.47. The monoisotopic (exact) mass is 674 g/mol. The molecule has 0 aromatic heterocycles. The third kappa shape index (κ3) is 11.4. The molecule has 2 fully saturated rings. The van der Waals surface area contributed by atoms with Crippen LogP contribution >= 0.6 is 0 Å². The Hall–Kier alpha value is -3.72. The molecule has 3 atom stereocenters. The molecule has 49 heavy (non-hydrogen) atoms. The molecule has 2 saturated heterocycles. The van der Waals surface area contributed by atoms with E-state index in [4.69, 9.17) is 18.9 Å². The van der Waals surface area contributed by atoms with Crippen molar-refractivity contribution >= 4 is 11.5 Å². The first-order valence-corrected chi connectivity index (χ1v) is 17.4.